The van der Waals surface area contributed by atoms with Crippen LogP contribution >= 0.6 is 0 Å². The van der Waals surface area contributed by atoms with Gasteiger partial charge in [0.05, 0.1) is 21.1 Å². The van der Waals surface area contributed by atoms with E-state index in [9.17, 15) is 0 Å². The molecule has 0 amide bonds. The molecule has 0 spiro atoms. The predicted molar refractivity (Wildman–Crippen MR) is 60.0 cm³/mol. The lowest BCUT2D eigenvalue weighted by atomic mass is 10.4. The summed E-state index contributed by atoms with van der Waals surface area (Å²) in [6.45, 7) is 2.06. The quantitative estimate of drug-likeness (QED) is 0.374. The Balaban J connectivity index is 4.63. The molecule has 0 heterocycles. The molecule has 0 aliphatic carbocycles. The molecular formula is C9H24NO4Si+. The second kappa shape index (κ2) is 5.93. The van der Waals surface area contributed by atoms with Crippen LogP contribution in [-0.4, -0.2) is 62.2 Å². The van der Waals surface area contributed by atoms with E-state index in [1.165, 1.54) is 0 Å². The molecule has 0 radical (unpaired) electrons. The molecule has 0 fully saturated rings. The second-order valence-corrected chi connectivity index (χ2v) is 6.67. The van der Waals surface area contributed by atoms with Crippen LogP contribution in [-0.2, 0) is 17.7 Å². The molecule has 0 rings (SSSR count). The molecule has 0 saturated heterocycles. The van der Waals surface area contributed by atoms with Gasteiger partial charge in [0.15, 0.2) is 6.23 Å². The van der Waals surface area contributed by atoms with E-state index in [2.05, 4.69) is 28.1 Å². The Morgan fingerprint density at radius 1 is 1.00 bits per heavy atom. The Bertz CT molecular complexity index is 171. The molecule has 0 aliphatic heterocycles. The maximum Gasteiger partial charge on any atom is 0.683 e. The van der Waals surface area contributed by atoms with Gasteiger partial charge in [-0.2, -0.15) is 0 Å². The van der Waals surface area contributed by atoms with Crippen molar-refractivity contribution < 1.29 is 22.2 Å². The van der Waals surface area contributed by atoms with Gasteiger partial charge >= 0.3 is 9.05 Å². The fourth-order valence-corrected chi connectivity index (χ4v) is 2.95. The Morgan fingerprint density at radius 3 is 1.60 bits per heavy atom. The summed E-state index contributed by atoms with van der Waals surface area (Å²) in [5, 5.41) is 0. The third-order valence-electron chi connectivity index (χ3n) is 2.24. The number of hydrogen-bond donors (Lipinski definition) is 0. The van der Waals surface area contributed by atoms with Gasteiger partial charge in [0, 0.05) is 27.8 Å². The highest BCUT2D eigenvalue weighted by molar-refractivity contribution is 6.53. The average Bonchev–Trinajstić information content (AvgIpc) is 2.19. The molecule has 0 aromatic carbocycles. The van der Waals surface area contributed by atoms with Crippen molar-refractivity contribution in [3.8, 4) is 0 Å². The van der Waals surface area contributed by atoms with E-state index in [4.69, 9.17) is 17.7 Å². The second-order valence-electron chi connectivity index (χ2n) is 4.21. The summed E-state index contributed by atoms with van der Waals surface area (Å²) in [5.41, 5.74) is 0. The fraction of sp³-hybridized carbons (Fsp3) is 1.00. The van der Waals surface area contributed by atoms with Crippen molar-refractivity contribution in [2.24, 2.45) is 0 Å². The van der Waals surface area contributed by atoms with Crippen LogP contribution < -0.4 is 0 Å². The molecule has 0 aromatic heterocycles. The molecule has 0 aromatic rings. The van der Waals surface area contributed by atoms with Gasteiger partial charge in [0.2, 0.25) is 0 Å². The normalized spacial score (nSPS) is 15.4. The van der Waals surface area contributed by atoms with Crippen LogP contribution in [0.5, 0.6) is 0 Å². The summed E-state index contributed by atoms with van der Waals surface area (Å²) < 4.78 is 22.2. The van der Waals surface area contributed by atoms with E-state index in [1.807, 2.05) is 0 Å². The van der Waals surface area contributed by atoms with Crippen molar-refractivity contribution in [1.82, 2.24) is 0 Å². The summed E-state index contributed by atoms with van der Waals surface area (Å²) in [6, 6.07) is 0. The van der Waals surface area contributed by atoms with Gasteiger partial charge in [-0.05, 0) is 0 Å². The van der Waals surface area contributed by atoms with Crippen LogP contribution in [0.1, 0.15) is 13.3 Å². The van der Waals surface area contributed by atoms with Gasteiger partial charge in [-0.25, -0.2) is 0 Å². The summed E-state index contributed by atoms with van der Waals surface area (Å²) in [5.74, 6) is 0. The highest BCUT2D eigenvalue weighted by Crippen LogP contribution is 2.17. The van der Waals surface area contributed by atoms with Gasteiger partial charge in [0.1, 0.15) is 0 Å². The minimum atomic E-state index is -2.93. The zero-order valence-corrected chi connectivity index (χ0v) is 11.9. The van der Waals surface area contributed by atoms with Gasteiger partial charge in [0.25, 0.3) is 0 Å². The molecule has 0 N–H and O–H groups in total. The Labute approximate surface area is 94.0 Å². The van der Waals surface area contributed by atoms with Crippen LogP contribution in [0.4, 0.5) is 0 Å². The minimum absolute atomic E-state index is 0.00323. The number of rotatable bonds is 7. The van der Waals surface area contributed by atoms with Gasteiger partial charge in [-0.15, -0.1) is 0 Å². The Hall–Kier alpha value is 0.0169. The minimum Gasteiger partial charge on any atom is -0.354 e. The predicted octanol–water partition coefficient (Wildman–Crippen LogP) is 0.820. The lowest BCUT2D eigenvalue weighted by Gasteiger charge is -2.36. The maximum atomic E-state index is 5.84. The first-order valence-electron chi connectivity index (χ1n) is 4.99. The van der Waals surface area contributed by atoms with Crippen LogP contribution in [0.3, 0.4) is 0 Å². The van der Waals surface area contributed by atoms with Gasteiger partial charge in [-0.1, -0.05) is 6.92 Å². The number of quaternary nitrogens is 1. The van der Waals surface area contributed by atoms with Crippen LogP contribution in [0.15, 0.2) is 0 Å². The molecular weight excluding hydrogens is 214 g/mol. The van der Waals surface area contributed by atoms with E-state index in [0.29, 0.717) is 4.48 Å². The van der Waals surface area contributed by atoms with Gasteiger partial charge in [-0.3, -0.25) is 4.43 Å². The average molecular weight is 238 g/mol. The molecule has 6 heteroatoms. The monoisotopic (exact) mass is 238 g/mol. The molecule has 5 nitrogen and oxygen atoms in total. The van der Waals surface area contributed by atoms with E-state index in [-0.39, 0.29) is 6.23 Å². The smallest absolute Gasteiger partial charge is 0.354 e. The standard InChI is InChI=1S/C9H24NO4Si/c1-8-9(10(2,3)4)14-15(11-5,12-6)13-7/h9H,8H2,1-7H3/q+1. The van der Waals surface area contributed by atoms with E-state index < -0.39 is 9.05 Å². The van der Waals surface area contributed by atoms with E-state index >= 15 is 0 Å². The zero-order valence-electron chi connectivity index (χ0n) is 10.9. The molecule has 0 aliphatic rings. The largest absolute Gasteiger partial charge is 0.683 e. The first-order valence-corrected chi connectivity index (χ1v) is 6.63. The van der Waals surface area contributed by atoms with E-state index in [0.717, 1.165) is 6.42 Å². The Morgan fingerprint density at radius 2 is 1.40 bits per heavy atom. The van der Waals surface area contributed by atoms with Crippen LogP contribution in [0.2, 0.25) is 0 Å². The molecule has 1 atom stereocenters. The van der Waals surface area contributed by atoms with Crippen molar-refractivity contribution in [3.63, 3.8) is 0 Å². The summed E-state index contributed by atoms with van der Waals surface area (Å²) in [7, 11) is 7.89. The zero-order chi connectivity index (χ0) is 12.1. The van der Waals surface area contributed by atoms with Crippen molar-refractivity contribution in [2.75, 3.05) is 42.5 Å². The van der Waals surface area contributed by atoms with Crippen molar-refractivity contribution in [1.29, 1.82) is 0 Å². The summed E-state index contributed by atoms with van der Waals surface area (Å²) >= 11 is 0. The topological polar surface area (TPSA) is 36.9 Å². The SMILES string of the molecule is CCC(O[Si](OC)(OC)OC)[N+](C)(C)C. The van der Waals surface area contributed by atoms with Gasteiger partial charge < -0.3 is 17.8 Å². The summed E-state index contributed by atoms with van der Waals surface area (Å²) in [4.78, 5) is 0. The highest BCUT2D eigenvalue weighted by Gasteiger charge is 2.47. The number of hydrogen-bond acceptors (Lipinski definition) is 4. The molecule has 1 unspecified atom stereocenters. The molecule has 15 heavy (non-hydrogen) atoms. The first-order chi connectivity index (χ1) is 6.85. The third kappa shape index (κ3) is 4.18. The van der Waals surface area contributed by atoms with Crippen LogP contribution in [0.25, 0.3) is 0 Å². The Kier molecular flexibility index (Phi) is 5.93. The van der Waals surface area contributed by atoms with Crippen molar-refractivity contribution in [3.05, 3.63) is 0 Å². The van der Waals surface area contributed by atoms with Crippen molar-refractivity contribution >= 4 is 9.05 Å². The molecule has 0 saturated carbocycles. The van der Waals surface area contributed by atoms with Crippen LogP contribution in [0, 0.1) is 0 Å². The lowest BCUT2D eigenvalue weighted by Crippen LogP contribution is -2.56. The van der Waals surface area contributed by atoms with E-state index in [1.54, 1.807) is 21.3 Å². The number of nitrogens with zero attached hydrogens (tertiary/aromatic N) is 1. The fourth-order valence-electron chi connectivity index (χ4n) is 1.35. The highest BCUT2D eigenvalue weighted by atomic mass is 28.4. The van der Waals surface area contributed by atoms with Crippen molar-refractivity contribution in [2.45, 2.75) is 19.6 Å². The first kappa shape index (κ1) is 15.0. The maximum absolute atomic E-state index is 5.84. The summed E-state index contributed by atoms with van der Waals surface area (Å²) in [6.07, 6.45) is 0.866. The lowest BCUT2D eigenvalue weighted by molar-refractivity contribution is -0.917. The molecule has 92 valence electrons. The molecule has 0 bridgehead atoms. The third-order valence-corrected chi connectivity index (χ3v) is 4.30.